The summed E-state index contributed by atoms with van der Waals surface area (Å²) in [5.74, 6) is 3.03. The zero-order valence-electron chi connectivity index (χ0n) is 10.6. The Morgan fingerprint density at radius 3 is 3.06 bits per heavy atom. The molecule has 2 saturated carbocycles. The molecule has 2 bridgehead atoms. The van der Waals surface area contributed by atoms with Crippen molar-refractivity contribution in [1.82, 2.24) is 9.36 Å². The Hall–Kier alpha value is -0.680. The van der Waals surface area contributed by atoms with Crippen molar-refractivity contribution >= 4 is 16.7 Å². The Kier molecular flexibility index (Phi) is 2.42. The van der Waals surface area contributed by atoms with Crippen molar-refractivity contribution in [3.05, 3.63) is 5.82 Å². The van der Waals surface area contributed by atoms with Gasteiger partial charge < -0.3 is 10.0 Å². The molecule has 2 heterocycles. The van der Waals surface area contributed by atoms with Gasteiger partial charge in [0.15, 0.2) is 0 Å². The molecule has 18 heavy (non-hydrogen) atoms. The van der Waals surface area contributed by atoms with E-state index in [1.165, 1.54) is 24.4 Å². The van der Waals surface area contributed by atoms with Gasteiger partial charge in [-0.2, -0.15) is 4.37 Å². The Bertz CT molecular complexity index is 461. The molecule has 0 aromatic carbocycles. The van der Waals surface area contributed by atoms with E-state index in [9.17, 15) is 5.11 Å². The minimum atomic E-state index is -0.132. The van der Waals surface area contributed by atoms with Gasteiger partial charge in [0.25, 0.3) is 0 Å². The second-order valence-electron chi connectivity index (χ2n) is 6.03. The van der Waals surface area contributed by atoms with E-state index in [1.807, 2.05) is 0 Å². The lowest BCUT2D eigenvalue weighted by Gasteiger charge is -2.28. The predicted molar refractivity (Wildman–Crippen MR) is 70.7 cm³/mol. The number of hydrogen-bond donors (Lipinski definition) is 1. The van der Waals surface area contributed by atoms with E-state index >= 15 is 0 Å². The first-order valence-corrected chi connectivity index (χ1v) is 7.82. The summed E-state index contributed by atoms with van der Waals surface area (Å²) < 4.78 is 4.44. The lowest BCUT2D eigenvalue weighted by molar-refractivity contribution is 0.0966. The second-order valence-corrected chi connectivity index (χ2v) is 6.76. The number of anilines is 1. The first-order chi connectivity index (χ1) is 8.78. The molecule has 2 aliphatic carbocycles. The third-order valence-electron chi connectivity index (χ3n) is 5.03. The molecule has 0 amide bonds. The van der Waals surface area contributed by atoms with Crippen LogP contribution < -0.4 is 4.90 Å². The van der Waals surface area contributed by atoms with Gasteiger partial charge in [0.1, 0.15) is 5.82 Å². The molecule has 4 nitrogen and oxygen atoms in total. The summed E-state index contributed by atoms with van der Waals surface area (Å²) in [5.41, 5.74) is 0. The number of aliphatic hydroxyl groups excluding tert-OH is 1. The lowest BCUT2D eigenvalue weighted by Crippen LogP contribution is -2.40. The molecule has 5 atom stereocenters. The van der Waals surface area contributed by atoms with Crippen molar-refractivity contribution in [1.29, 1.82) is 0 Å². The van der Waals surface area contributed by atoms with Crippen LogP contribution in [0.25, 0.3) is 0 Å². The smallest absolute Gasteiger partial charge is 0.205 e. The maximum absolute atomic E-state index is 10.4. The van der Waals surface area contributed by atoms with Crippen LogP contribution in [0.3, 0.4) is 0 Å². The van der Waals surface area contributed by atoms with Crippen LogP contribution in [0.4, 0.5) is 5.13 Å². The average Bonchev–Trinajstić information content (AvgIpc) is 3.02. The average molecular weight is 265 g/mol. The Labute approximate surface area is 111 Å². The largest absolute Gasteiger partial charge is 0.391 e. The lowest BCUT2D eigenvalue weighted by atomic mass is 9.88. The molecule has 1 aromatic rings. The van der Waals surface area contributed by atoms with Crippen molar-refractivity contribution in [2.75, 3.05) is 11.4 Å². The first-order valence-electron chi connectivity index (χ1n) is 7.05. The van der Waals surface area contributed by atoms with Crippen LogP contribution in [-0.4, -0.2) is 33.2 Å². The van der Waals surface area contributed by atoms with E-state index in [-0.39, 0.29) is 6.10 Å². The second kappa shape index (κ2) is 3.90. The summed E-state index contributed by atoms with van der Waals surface area (Å²) in [6.45, 7) is 3.24. The van der Waals surface area contributed by atoms with Gasteiger partial charge in [-0.3, -0.25) is 0 Å². The minimum absolute atomic E-state index is 0.132. The highest BCUT2D eigenvalue weighted by Gasteiger charge is 2.59. The van der Waals surface area contributed by atoms with Crippen LogP contribution >= 0.6 is 11.5 Å². The number of aryl methyl sites for hydroxylation is 1. The number of nitrogens with zero attached hydrogens (tertiary/aromatic N) is 3. The van der Waals surface area contributed by atoms with Gasteiger partial charge >= 0.3 is 0 Å². The summed E-state index contributed by atoms with van der Waals surface area (Å²) in [6.07, 6.45) is 4.38. The molecule has 98 valence electrons. The van der Waals surface area contributed by atoms with Crippen LogP contribution in [0, 0.1) is 17.8 Å². The molecule has 0 spiro atoms. The molecule has 0 radical (unpaired) electrons. The van der Waals surface area contributed by atoms with Gasteiger partial charge in [-0.15, -0.1) is 0 Å². The topological polar surface area (TPSA) is 49.2 Å². The summed E-state index contributed by atoms with van der Waals surface area (Å²) >= 11 is 1.51. The quantitative estimate of drug-likeness (QED) is 0.903. The van der Waals surface area contributed by atoms with Crippen molar-refractivity contribution < 1.29 is 5.11 Å². The summed E-state index contributed by atoms with van der Waals surface area (Å²) in [6, 6.07) is 0.330. The molecular weight excluding hydrogens is 246 g/mol. The standard InChI is InChI=1S/C13H19N3OS/c1-2-3-10-14-13(18-15-10)16-6-8-4-7-5-9(8)11(16)12(7)17/h7-9,11-12,17H,2-6H2,1H3. The number of hydrogen-bond acceptors (Lipinski definition) is 5. The Morgan fingerprint density at radius 2 is 2.28 bits per heavy atom. The van der Waals surface area contributed by atoms with Crippen LogP contribution in [-0.2, 0) is 6.42 Å². The monoisotopic (exact) mass is 265 g/mol. The van der Waals surface area contributed by atoms with Gasteiger partial charge in [-0.25, -0.2) is 4.98 Å². The van der Waals surface area contributed by atoms with Crippen molar-refractivity contribution in [3.8, 4) is 0 Å². The highest BCUT2D eigenvalue weighted by atomic mass is 32.1. The van der Waals surface area contributed by atoms with Crippen LogP contribution in [0.15, 0.2) is 0 Å². The van der Waals surface area contributed by atoms with E-state index in [1.54, 1.807) is 0 Å². The van der Waals surface area contributed by atoms with Gasteiger partial charge in [-0.1, -0.05) is 6.92 Å². The molecular formula is C13H19N3OS. The fraction of sp³-hybridized carbons (Fsp3) is 0.846. The molecule has 1 saturated heterocycles. The Balaban J connectivity index is 1.61. The van der Waals surface area contributed by atoms with E-state index in [4.69, 9.17) is 0 Å². The van der Waals surface area contributed by atoms with Crippen LogP contribution in [0.1, 0.15) is 32.0 Å². The van der Waals surface area contributed by atoms with Crippen LogP contribution in [0.2, 0.25) is 0 Å². The third-order valence-corrected chi connectivity index (χ3v) is 5.82. The molecule has 5 unspecified atom stereocenters. The normalized spacial score (nSPS) is 41.0. The van der Waals surface area contributed by atoms with Gasteiger partial charge in [0.2, 0.25) is 5.13 Å². The number of aromatic nitrogens is 2. The van der Waals surface area contributed by atoms with Crippen LogP contribution in [0.5, 0.6) is 0 Å². The minimum Gasteiger partial charge on any atom is -0.391 e. The number of fused-ring (bicyclic) bond motifs is 1. The zero-order chi connectivity index (χ0) is 12.3. The van der Waals surface area contributed by atoms with Crippen molar-refractivity contribution in [2.45, 2.75) is 44.8 Å². The van der Waals surface area contributed by atoms with Gasteiger partial charge in [0.05, 0.1) is 12.1 Å². The zero-order valence-corrected chi connectivity index (χ0v) is 11.4. The first kappa shape index (κ1) is 11.2. The molecule has 4 rings (SSSR count). The molecule has 3 fully saturated rings. The SMILES string of the molecule is CCCc1nsc(N2CC3CC4CC3C2C4O)n1. The molecule has 1 aromatic heterocycles. The maximum atomic E-state index is 10.4. The fourth-order valence-electron chi connectivity index (χ4n) is 4.32. The third kappa shape index (κ3) is 1.40. The summed E-state index contributed by atoms with van der Waals surface area (Å²) in [7, 11) is 0. The number of aliphatic hydroxyl groups is 1. The molecule has 5 heteroatoms. The highest BCUT2D eigenvalue weighted by molar-refractivity contribution is 7.09. The molecule has 1 N–H and O–H groups in total. The van der Waals surface area contributed by atoms with Crippen molar-refractivity contribution in [2.24, 2.45) is 17.8 Å². The van der Waals surface area contributed by atoms with Gasteiger partial charge in [-0.05, 0) is 37.0 Å². The molecule has 1 aliphatic heterocycles. The van der Waals surface area contributed by atoms with Crippen molar-refractivity contribution in [3.63, 3.8) is 0 Å². The number of rotatable bonds is 3. The van der Waals surface area contributed by atoms with E-state index < -0.39 is 0 Å². The van der Waals surface area contributed by atoms with E-state index in [0.29, 0.717) is 17.9 Å². The van der Waals surface area contributed by atoms with E-state index in [0.717, 1.165) is 36.3 Å². The Morgan fingerprint density at radius 1 is 1.39 bits per heavy atom. The highest BCUT2D eigenvalue weighted by Crippen LogP contribution is 2.55. The summed E-state index contributed by atoms with van der Waals surface area (Å²) in [5, 5.41) is 11.4. The van der Waals surface area contributed by atoms with Gasteiger partial charge in [0, 0.05) is 24.5 Å². The fourth-order valence-corrected chi connectivity index (χ4v) is 5.09. The summed E-state index contributed by atoms with van der Waals surface area (Å²) in [4.78, 5) is 7.00. The predicted octanol–water partition coefficient (Wildman–Crippen LogP) is 1.70. The molecule has 3 aliphatic rings. The maximum Gasteiger partial charge on any atom is 0.205 e. The van der Waals surface area contributed by atoms with E-state index in [2.05, 4.69) is 21.2 Å².